The summed E-state index contributed by atoms with van der Waals surface area (Å²) in [5.41, 5.74) is 7.68. The molecule has 5 heteroatoms. The Hall–Kier alpha value is -0.280. The molecule has 0 saturated heterocycles. The van der Waals surface area contributed by atoms with Gasteiger partial charge in [-0.25, -0.2) is 0 Å². The first-order valence-electron chi connectivity index (χ1n) is 4.21. The molecule has 0 amide bonds. The molecule has 0 aromatic carbocycles. The number of aromatic nitrogens is 1. The predicted molar refractivity (Wildman–Crippen MR) is 67.9 cm³/mol. The van der Waals surface area contributed by atoms with Gasteiger partial charge < -0.3 is 5.73 Å². The fourth-order valence-corrected chi connectivity index (χ4v) is 1.90. The van der Waals surface area contributed by atoms with Crippen LogP contribution in [0.15, 0.2) is 24.5 Å². The molecule has 0 aliphatic carbocycles. The van der Waals surface area contributed by atoms with Crippen LogP contribution >= 0.6 is 35.6 Å². The van der Waals surface area contributed by atoms with Gasteiger partial charge in [-0.1, -0.05) is 28.8 Å². The molecule has 1 atom stereocenters. The third-order valence-electron chi connectivity index (χ3n) is 1.83. The van der Waals surface area contributed by atoms with Gasteiger partial charge in [-0.05, 0) is 13.3 Å². The second-order valence-electron chi connectivity index (χ2n) is 3.28. The molecule has 1 aromatic heterocycles. The van der Waals surface area contributed by atoms with Gasteiger partial charge in [-0.2, -0.15) is 0 Å². The summed E-state index contributed by atoms with van der Waals surface area (Å²) in [4.78, 5) is 3.86. The summed E-state index contributed by atoms with van der Waals surface area (Å²) >= 11 is 11.9. The van der Waals surface area contributed by atoms with Crippen LogP contribution in [0.25, 0.3) is 0 Å². The highest BCUT2D eigenvalue weighted by Gasteiger charge is 2.14. The van der Waals surface area contributed by atoms with Crippen LogP contribution in [-0.2, 0) is 0 Å². The Morgan fingerprint density at radius 1 is 1.47 bits per heavy atom. The second kappa shape index (κ2) is 6.33. The molecule has 0 bridgehead atoms. The van der Waals surface area contributed by atoms with Crippen molar-refractivity contribution in [2.75, 3.05) is 0 Å². The molecule has 0 unspecified atom stereocenters. The zero-order valence-corrected chi connectivity index (χ0v) is 10.7. The van der Waals surface area contributed by atoms with Gasteiger partial charge in [-0.15, -0.1) is 19.0 Å². The van der Waals surface area contributed by atoms with Crippen LogP contribution in [0, 0.1) is 0 Å². The maximum absolute atomic E-state index is 5.95. The Morgan fingerprint density at radius 2 is 1.93 bits per heavy atom. The average molecular weight is 268 g/mol. The lowest BCUT2D eigenvalue weighted by atomic mass is 10.0. The summed E-state index contributed by atoms with van der Waals surface area (Å²) in [6, 6.07) is -0.213. The molecular formula is C10H13Cl3N2. The topological polar surface area (TPSA) is 38.9 Å². The van der Waals surface area contributed by atoms with E-state index in [1.165, 1.54) is 0 Å². The number of rotatable bonds is 3. The number of hydrogen-bond donors (Lipinski definition) is 1. The quantitative estimate of drug-likeness (QED) is 0.847. The number of halogens is 3. The maximum Gasteiger partial charge on any atom is 0.0652 e. The SMILES string of the molecule is C=C(C)C[C@@H](N)c1c(Cl)cncc1Cl.Cl. The molecule has 0 aliphatic rings. The highest BCUT2D eigenvalue weighted by molar-refractivity contribution is 6.35. The molecule has 2 N–H and O–H groups in total. The summed E-state index contributed by atoms with van der Waals surface area (Å²) < 4.78 is 0. The summed E-state index contributed by atoms with van der Waals surface area (Å²) in [5, 5.41) is 1.01. The zero-order chi connectivity index (χ0) is 10.7. The van der Waals surface area contributed by atoms with Crippen molar-refractivity contribution in [1.82, 2.24) is 4.98 Å². The van der Waals surface area contributed by atoms with E-state index < -0.39 is 0 Å². The van der Waals surface area contributed by atoms with Crippen molar-refractivity contribution in [1.29, 1.82) is 0 Å². The van der Waals surface area contributed by atoms with Crippen LogP contribution in [0.1, 0.15) is 24.9 Å². The van der Waals surface area contributed by atoms with Crippen molar-refractivity contribution in [3.05, 3.63) is 40.2 Å². The third kappa shape index (κ3) is 3.99. The first-order chi connectivity index (χ1) is 6.52. The minimum Gasteiger partial charge on any atom is -0.324 e. The van der Waals surface area contributed by atoms with E-state index in [2.05, 4.69) is 11.6 Å². The van der Waals surface area contributed by atoms with E-state index in [4.69, 9.17) is 28.9 Å². The van der Waals surface area contributed by atoms with Crippen LogP contribution < -0.4 is 5.73 Å². The van der Waals surface area contributed by atoms with Crippen molar-refractivity contribution in [2.45, 2.75) is 19.4 Å². The summed E-state index contributed by atoms with van der Waals surface area (Å²) in [7, 11) is 0. The van der Waals surface area contributed by atoms with Gasteiger partial charge in [-0.3, -0.25) is 4.98 Å². The Morgan fingerprint density at radius 3 is 2.33 bits per heavy atom. The molecule has 1 aromatic rings. The van der Waals surface area contributed by atoms with E-state index >= 15 is 0 Å². The highest BCUT2D eigenvalue weighted by atomic mass is 35.5. The molecule has 0 radical (unpaired) electrons. The van der Waals surface area contributed by atoms with E-state index in [-0.39, 0.29) is 18.4 Å². The lowest BCUT2D eigenvalue weighted by Crippen LogP contribution is -2.11. The molecule has 0 saturated carbocycles. The lowest BCUT2D eigenvalue weighted by molar-refractivity contribution is 0.716. The van der Waals surface area contributed by atoms with Crippen molar-refractivity contribution in [2.24, 2.45) is 5.73 Å². The van der Waals surface area contributed by atoms with Gasteiger partial charge in [0.1, 0.15) is 0 Å². The van der Waals surface area contributed by atoms with Crippen LogP contribution in [0.5, 0.6) is 0 Å². The van der Waals surface area contributed by atoms with Crippen molar-refractivity contribution >= 4 is 35.6 Å². The highest BCUT2D eigenvalue weighted by Crippen LogP contribution is 2.30. The van der Waals surface area contributed by atoms with Gasteiger partial charge >= 0.3 is 0 Å². The summed E-state index contributed by atoms with van der Waals surface area (Å²) in [6.45, 7) is 5.72. The summed E-state index contributed by atoms with van der Waals surface area (Å²) in [5.74, 6) is 0. The largest absolute Gasteiger partial charge is 0.324 e. The smallest absolute Gasteiger partial charge is 0.0652 e. The fraction of sp³-hybridized carbons (Fsp3) is 0.300. The normalized spacial score (nSPS) is 11.7. The number of pyridine rings is 1. The molecule has 0 fully saturated rings. The van der Waals surface area contributed by atoms with Crippen molar-refractivity contribution < 1.29 is 0 Å². The van der Waals surface area contributed by atoms with Gasteiger partial charge in [0.25, 0.3) is 0 Å². The van der Waals surface area contributed by atoms with Crippen LogP contribution in [-0.4, -0.2) is 4.98 Å². The van der Waals surface area contributed by atoms with Gasteiger partial charge in [0.05, 0.1) is 10.0 Å². The number of nitrogens with two attached hydrogens (primary N) is 1. The van der Waals surface area contributed by atoms with Crippen molar-refractivity contribution in [3.8, 4) is 0 Å². The monoisotopic (exact) mass is 266 g/mol. The number of hydrogen-bond acceptors (Lipinski definition) is 2. The van der Waals surface area contributed by atoms with Crippen LogP contribution in [0.4, 0.5) is 0 Å². The van der Waals surface area contributed by atoms with E-state index in [9.17, 15) is 0 Å². The maximum atomic E-state index is 5.95. The van der Waals surface area contributed by atoms with Gasteiger partial charge in [0.15, 0.2) is 0 Å². The fourth-order valence-electron chi connectivity index (χ4n) is 1.25. The second-order valence-corrected chi connectivity index (χ2v) is 4.10. The van der Waals surface area contributed by atoms with E-state index in [0.717, 1.165) is 11.1 Å². The molecule has 2 nitrogen and oxygen atoms in total. The Balaban J connectivity index is 0.00000196. The van der Waals surface area contributed by atoms with Crippen LogP contribution in [0.3, 0.4) is 0 Å². The molecule has 15 heavy (non-hydrogen) atoms. The minimum absolute atomic E-state index is 0. The Kier molecular flexibility index (Phi) is 6.22. The van der Waals surface area contributed by atoms with E-state index in [0.29, 0.717) is 16.5 Å². The number of nitrogens with zero attached hydrogens (tertiary/aromatic N) is 1. The third-order valence-corrected chi connectivity index (χ3v) is 2.43. The first kappa shape index (κ1) is 14.7. The van der Waals surface area contributed by atoms with E-state index in [1.54, 1.807) is 12.4 Å². The van der Waals surface area contributed by atoms with Crippen LogP contribution in [0.2, 0.25) is 10.0 Å². The zero-order valence-electron chi connectivity index (χ0n) is 8.34. The standard InChI is InChI=1S/C10H12Cl2N2.ClH/c1-6(2)3-9(13)10-7(11)4-14-5-8(10)12;/h4-5,9H,1,3,13H2,2H3;1H/t9-;/m1./s1. The Labute approximate surface area is 106 Å². The van der Waals surface area contributed by atoms with Crippen molar-refractivity contribution in [3.63, 3.8) is 0 Å². The Bertz CT molecular complexity index is 332. The molecule has 84 valence electrons. The molecule has 1 rings (SSSR count). The minimum atomic E-state index is -0.213. The van der Waals surface area contributed by atoms with Gasteiger partial charge in [0, 0.05) is 24.0 Å². The molecule has 1 heterocycles. The molecular weight excluding hydrogens is 254 g/mol. The van der Waals surface area contributed by atoms with E-state index in [1.807, 2.05) is 6.92 Å². The predicted octanol–water partition coefficient (Wildman–Crippen LogP) is 3.78. The van der Waals surface area contributed by atoms with Gasteiger partial charge in [0.2, 0.25) is 0 Å². The average Bonchev–Trinajstić information content (AvgIpc) is 2.01. The summed E-state index contributed by atoms with van der Waals surface area (Å²) in [6.07, 6.45) is 3.76. The molecule has 0 spiro atoms. The molecule has 0 aliphatic heterocycles. The first-order valence-corrected chi connectivity index (χ1v) is 4.97. The lowest BCUT2D eigenvalue weighted by Gasteiger charge is -2.14.